The molecule has 3 atom stereocenters. The van der Waals surface area contributed by atoms with Crippen molar-refractivity contribution in [3.05, 3.63) is 48.2 Å². The maximum Gasteiger partial charge on any atom is 0.323 e. The van der Waals surface area contributed by atoms with E-state index in [1.165, 1.54) is 20.9 Å². The number of amides is 4. The van der Waals surface area contributed by atoms with Crippen molar-refractivity contribution in [1.82, 2.24) is 15.3 Å². The molecule has 0 saturated carbocycles. The molecule has 2 N–H and O–H groups in total. The van der Waals surface area contributed by atoms with Crippen LogP contribution in [0.1, 0.15) is 53.0 Å². The van der Waals surface area contributed by atoms with Crippen LogP contribution in [0.2, 0.25) is 0 Å². The molecule has 0 fully saturated rings. The fraction of sp³-hybridized carbons (Fsp3) is 0.542. The number of rotatable bonds is 11. The number of urea groups is 1. The monoisotopic (exact) mass is 479 g/mol. The molecule has 8 nitrogen and oxygen atoms in total. The van der Waals surface area contributed by atoms with Crippen LogP contribution in [0.15, 0.2) is 42.6 Å². The standard InChI is InChI=1S/C24H37N3O5S/c1-8-14-26(23(30)25-7)21(28)20(15-17(2)3)24(6,22(29)27(31)18(4)5)33(32)16-19-12-10-9-11-13-19/h9-13,17,20,31H,4,8,14-16H2,1-3,5-7H3,(H,25,30)/t20-,24+,33?/m1/s1. The topological polar surface area (TPSA) is 113 Å². The van der Waals surface area contributed by atoms with Crippen molar-refractivity contribution in [1.29, 1.82) is 0 Å². The third-order valence-corrected chi connectivity index (χ3v) is 7.44. The Bertz CT molecular complexity index is 833. The summed E-state index contributed by atoms with van der Waals surface area (Å²) in [4.78, 5) is 40.8. The van der Waals surface area contributed by atoms with Crippen LogP contribution in [0.25, 0.3) is 0 Å². The van der Waals surface area contributed by atoms with E-state index in [2.05, 4.69) is 11.9 Å². The molecule has 0 aromatic heterocycles. The quantitative estimate of drug-likeness (QED) is 0.286. The summed E-state index contributed by atoms with van der Waals surface area (Å²) in [5, 5.41) is 13.3. The minimum atomic E-state index is -1.92. The zero-order chi connectivity index (χ0) is 25.3. The summed E-state index contributed by atoms with van der Waals surface area (Å²) < 4.78 is 12.0. The van der Waals surface area contributed by atoms with Crippen molar-refractivity contribution in [2.45, 2.75) is 58.0 Å². The first-order chi connectivity index (χ1) is 15.4. The molecule has 9 heteroatoms. The highest BCUT2D eigenvalue weighted by Crippen LogP contribution is 2.37. The molecule has 0 aliphatic rings. The van der Waals surface area contributed by atoms with Crippen LogP contribution in [0.5, 0.6) is 0 Å². The summed E-state index contributed by atoms with van der Waals surface area (Å²) in [5.41, 5.74) is 0.762. The average Bonchev–Trinajstić information content (AvgIpc) is 2.78. The smallest absolute Gasteiger partial charge is 0.323 e. The van der Waals surface area contributed by atoms with Crippen molar-refractivity contribution in [3.63, 3.8) is 0 Å². The highest BCUT2D eigenvalue weighted by Gasteiger charge is 2.57. The number of hydrogen-bond acceptors (Lipinski definition) is 5. The van der Waals surface area contributed by atoms with Crippen LogP contribution in [0, 0.1) is 11.8 Å². The molecule has 33 heavy (non-hydrogen) atoms. The van der Waals surface area contributed by atoms with Gasteiger partial charge in [-0.05, 0) is 43.8 Å². The molecule has 0 spiro atoms. The Morgan fingerprint density at radius 1 is 1.24 bits per heavy atom. The van der Waals surface area contributed by atoms with E-state index in [0.29, 0.717) is 11.5 Å². The zero-order valence-corrected chi connectivity index (χ0v) is 21.3. The summed E-state index contributed by atoms with van der Waals surface area (Å²) in [7, 11) is 1.42. The number of hydrogen-bond donors (Lipinski definition) is 2. The molecule has 0 heterocycles. The van der Waals surface area contributed by atoms with Crippen molar-refractivity contribution < 1.29 is 24.1 Å². The molecule has 0 radical (unpaired) electrons. The van der Waals surface area contributed by atoms with Crippen LogP contribution >= 0.6 is 0 Å². The van der Waals surface area contributed by atoms with Crippen LogP contribution in [0.4, 0.5) is 4.79 Å². The molecule has 1 aromatic rings. The van der Waals surface area contributed by atoms with E-state index in [-0.39, 0.29) is 30.3 Å². The summed E-state index contributed by atoms with van der Waals surface area (Å²) in [6.07, 6.45) is 0.714. The Morgan fingerprint density at radius 3 is 2.27 bits per heavy atom. The van der Waals surface area contributed by atoms with Gasteiger partial charge in [-0.15, -0.1) is 0 Å². The molecule has 1 unspecified atom stereocenters. The molecule has 4 amide bonds. The Kier molecular flexibility index (Phi) is 11.1. The van der Waals surface area contributed by atoms with E-state index >= 15 is 0 Å². The van der Waals surface area contributed by atoms with Crippen molar-refractivity contribution >= 4 is 29.0 Å². The normalized spacial score (nSPS) is 14.7. The van der Waals surface area contributed by atoms with Gasteiger partial charge < -0.3 is 9.87 Å². The lowest BCUT2D eigenvalue weighted by atomic mass is 9.83. The lowest BCUT2D eigenvalue weighted by molar-refractivity contribution is -0.163. The summed E-state index contributed by atoms with van der Waals surface area (Å²) in [6.45, 7) is 12.2. The second kappa shape index (κ2) is 12.8. The molecule has 1 rings (SSSR count). The predicted octanol–water partition coefficient (Wildman–Crippen LogP) is 3.69. The summed E-state index contributed by atoms with van der Waals surface area (Å²) in [6, 6.07) is 8.38. The Labute approximate surface area is 200 Å². The number of carbonyl (C=O) groups excluding carboxylic acids is 3. The van der Waals surface area contributed by atoms with Gasteiger partial charge in [0.15, 0.2) is 0 Å². The van der Waals surface area contributed by atoms with Gasteiger partial charge in [0.25, 0.3) is 0 Å². The minimum absolute atomic E-state index is 0.00272. The fourth-order valence-corrected chi connectivity index (χ4v) is 5.15. The third-order valence-electron chi connectivity index (χ3n) is 5.43. The summed E-state index contributed by atoms with van der Waals surface area (Å²) >= 11 is -1.92. The zero-order valence-electron chi connectivity index (χ0n) is 20.5. The number of imide groups is 1. The molecule has 0 saturated heterocycles. The predicted molar refractivity (Wildman–Crippen MR) is 130 cm³/mol. The first-order valence-corrected chi connectivity index (χ1v) is 12.4. The Morgan fingerprint density at radius 2 is 1.82 bits per heavy atom. The number of nitrogens with one attached hydrogen (secondary N) is 1. The van der Waals surface area contributed by atoms with E-state index in [0.717, 1.165) is 10.5 Å². The van der Waals surface area contributed by atoms with Crippen molar-refractivity contribution in [2.75, 3.05) is 13.6 Å². The number of hydroxylamine groups is 2. The van der Waals surface area contributed by atoms with E-state index in [9.17, 15) is 24.1 Å². The van der Waals surface area contributed by atoms with Crippen molar-refractivity contribution in [2.24, 2.45) is 11.8 Å². The van der Waals surface area contributed by atoms with Gasteiger partial charge in [-0.3, -0.25) is 19.7 Å². The Hall–Kier alpha value is -2.36. The minimum Gasteiger partial charge on any atom is -0.615 e. The van der Waals surface area contributed by atoms with Crippen LogP contribution in [-0.2, 0) is 26.5 Å². The first-order valence-electron chi connectivity index (χ1n) is 11.1. The van der Waals surface area contributed by atoms with Gasteiger partial charge in [0.1, 0.15) is 5.75 Å². The first kappa shape index (κ1) is 28.7. The molecule has 1 aromatic carbocycles. The number of nitrogens with zero attached hydrogens (tertiary/aromatic N) is 2. The lowest BCUT2D eigenvalue weighted by Gasteiger charge is -2.40. The second-order valence-corrected chi connectivity index (χ2v) is 10.5. The van der Waals surface area contributed by atoms with E-state index in [4.69, 9.17) is 0 Å². The van der Waals surface area contributed by atoms with Gasteiger partial charge >= 0.3 is 11.9 Å². The highest BCUT2D eigenvalue weighted by atomic mass is 32.2. The van der Waals surface area contributed by atoms with Gasteiger partial charge in [-0.1, -0.05) is 57.7 Å². The molecule has 0 aliphatic heterocycles. The van der Waals surface area contributed by atoms with Gasteiger partial charge in [-0.25, -0.2) is 4.79 Å². The van der Waals surface area contributed by atoms with Crippen LogP contribution in [0.3, 0.4) is 0 Å². The van der Waals surface area contributed by atoms with E-state index < -0.39 is 39.7 Å². The van der Waals surface area contributed by atoms with Crippen molar-refractivity contribution in [3.8, 4) is 0 Å². The Balaban J connectivity index is 3.64. The molecule has 0 aliphatic carbocycles. The van der Waals surface area contributed by atoms with Gasteiger partial charge in [0.2, 0.25) is 10.7 Å². The maximum atomic E-state index is 13.8. The molecular weight excluding hydrogens is 442 g/mol. The van der Waals surface area contributed by atoms with Crippen LogP contribution in [-0.4, -0.2) is 55.9 Å². The third kappa shape index (κ3) is 7.06. The number of carbonyl (C=O) groups is 3. The number of benzene rings is 1. The highest BCUT2D eigenvalue weighted by molar-refractivity contribution is 7.92. The maximum absolute atomic E-state index is 13.8. The fourth-order valence-electron chi connectivity index (χ4n) is 3.56. The lowest BCUT2D eigenvalue weighted by Crippen LogP contribution is -2.61. The number of allylic oxidation sites excluding steroid dienone is 1. The molecular formula is C24H37N3O5S. The molecule has 0 bridgehead atoms. The van der Waals surface area contributed by atoms with Gasteiger partial charge in [-0.2, -0.15) is 5.06 Å². The second-order valence-electron chi connectivity index (χ2n) is 8.66. The average molecular weight is 480 g/mol. The van der Waals surface area contributed by atoms with E-state index in [1.807, 2.05) is 26.8 Å². The SMILES string of the molecule is C=C(C)N(O)C(=O)[C@](C)([C@H](CC(C)C)C(=O)N(CCC)C(=O)NC)[S+]([O-])Cc1ccccc1. The van der Waals surface area contributed by atoms with Crippen LogP contribution < -0.4 is 5.32 Å². The van der Waals surface area contributed by atoms with Gasteiger partial charge in [0, 0.05) is 24.9 Å². The molecule has 184 valence electrons. The summed E-state index contributed by atoms with van der Waals surface area (Å²) in [5.74, 6) is -2.66. The van der Waals surface area contributed by atoms with E-state index in [1.54, 1.807) is 24.3 Å². The largest absolute Gasteiger partial charge is 0.615 e. The van der Waals surface area contributed by atoms with Gasteiger partial charge in [0.05, 0.1) is 5.92 Å².